The normalized spacial score (nSPS) is 12.3. The van der Waals surface area contributed by atoms with Gasteiger partial charge in [0.25, 0.3) is 0 Å². The number of aromatic hydroxyl groups is 1. The molecule has 0 fully saturated rings. The molecule has 0 spiro atoms. The minimum Gasteiger partial charge on any atom is -0.508 e. The second-order valence-corrected chi connectivity index (χ2v) is 4.67. The van der Waals surface area contributed by atoms with Crippen molar-refractivity contribution < 1.29 is 5.11 Å². The number of rotatable bonds is 5. The fourth-order valence-corrected chi connectivity index (χ4v) is 2.20. The van der Waals surface area contributed by atoms with Crippen molar-refractivity contribution in [2.45, 2.75) is 12.8 Å². The monoisotopic (exact) mass is 241 g/mol. The second-order valence-electron chi connectivity index (χ2n) is 4.67. The highest BCUT2D eigenvalue weighted by Crippen LogP contribution is 2.17. The van der Waals surface area contributed by atoms with Crippen LogP contribution in [-0.4, -0.2) is 11.7 Å². The number of phenolic OH excluding ortho intramolecular Hbond substituents is 1. The maximum Gasteiger partial charge on any atom is 0.115 e. The first kappa shape index (κ1) is 12.7. The SMILES string of the molecule is NCC(Cc1ccccc1)Cc1cccc(O)c1. The summed E-state index contributed by atoms with van der Waals surface area (Å²) in [4.78, 5) is 0. The molecule has 1 atom stereocenters. The molecule has 18 heavy (non-hydrogen) atoms. The van der Waals surface area contributed by atoms with E-state index in [9.17, 15) is 5.11 Å². The average molecular weight is 241 g/mol. The topological polar surface area (TPSA) is 46.2 Å². The van der Waals surface area contributed by atoms with Gasteiger partial charge in [-0.25, -0.2) is 0 Å². The third-order valence-corrected chi connectivity index (χ3v) is 3.14. The highest BCUT2D eigenvalue weighted by atomic mass is 16.3. The molecule has 0 radical (unpaired) electrons. The molecule has 2 nitrogen and oxygen atoms in total. The zero-order valence-corrected chi connectivity index (χ0v) is 10.4. The summed E-state index contributed by atoms with van der Waals surface area (Å²) in [7, 11) is 0. The smallest absolute Gasteiger partial charge is 0.115 e. The maximum absolute atomic E-state index is 9.46. The van der Waals surface area contributed by atoms with Crippen molar-refractivity contribution >= 4 is 0 Å². The van der Waals surface area contributed by atoms with Crippen LogP contribution in [0.3, 0.4) is 0 Å². The van der Waals surface area contributed by atoms with Gasteiger partial charge in [0.1, 0.15) is 5.75 Å². The largest absolute Gasteiger partial charge is 0.508 e. The van der Waals surface area contributed by atoms with E-state index in [4.69, 9.17) is 5.73 Å². The summed E-state index contributed by atoms with van der Waals surface area (Å²) >= 11 is 0. The first-order chi connectivity index (χ1) is 8.78. The molecule has 3 N–H and O–H groups in total. The Balaban J connectivity index is 2.01. The van der Waals surface area contributed by atoms with E-state index in [1.807, 2.05) is 24.3 Å². The molecule has 0 saturated heterocycles. The number of hydrogen-bond acceptors (Lipinski definition) is 2. The Hall–Kier alpha value is -1.80. The number of hydrogen-bond donors (Lipinski definition) is 2. The summed E-state index contributed by atoms with van der Waals surface area (Å²) in [5, 5.41) is 9.46. The molecular weight excluding hydrogens is 222 g/mol. The Morgan fingerprint density at radius 1 is 0.889 bits per heavy atom. The molecular formula is C16H19NO. The van der Waals surface area contributed by atoms with Gasteiger partial charge in [-0.2, -0.15) is 0 Å². The first-order valence-corrected chi connectivity index (χ1v) is 6.30. The zero-order valence-electron chi connectivity index (χ0n) is 10.4. The van der Waals surface area contributed by atoms with Crippen molar-refractivity contribution in [3.8, 4) is 5.75 Å². The summed E-state index contributed by atoms with van der Waals surface area (Å²) in [5.74, 6) is 0.734. The third-order valence-electron chi connectivity index (χ3n) is 3.14. The van der Waals surface area contributed by atoms with E-state index in [1.54, 1.807) is 6.07 Å². The molecule has 0 aliphatic rings. The summed E-state index contributed by atoms with van der Waals surface area (Å²) < 4.78 is 0. The van der Waals surface area contributed by atoms with Crippen LogP contribution in [0.1, 0.15) is 11.1 Å². The van der Waals surface area contributed by atoms with Crippen molar-refractivity contribution in [3.63, 3.8) is 0 Å². The van der Waals surface area contributed by atoms with Crippen LogP contribution in [-0.2, 0) is 12.8 Å². The summed E-state index contributed by atoms with van der Waals surface area (Å²) in [6, 6.07) is 17.8. The van der Waals surface area contributed by atoms with Crippen LogP contribution < -0.4 is 5.73 Å². The lowest BCUT2D eigenvalue weighted by molar-refractivity contribution is 0.472. The average Bonchev–Trinajstić information content (AvgIpc) is 2.39. The molecule has 1 unspecified atom stereocenters. The van der Waals surface area contributed by atoms with E-state index in [0.29, 0.717) is 18.2 Å². The van der Waals surface area contributed by atoms with Crippen LogP contribution in [0.2, 0.25) is 0 Å². The summed E-state index contributed by atoms with van der Waals surface area (Å²) in [6.07, 6.45) is 1.88. The van der Waals surface area contributed by atoms with E-state index in [-0.39, 0.29) is 0 Å². The molecule has 2 aromatic rings. The van der Waals surface area contributed by atoms with Gasteiger partial charge in [0, 0.05) is 0 Å². The van der Waals surface area contributed by atoms with Gasteiger partial charge in [0.2, 0.25) is 0 Å². The summed E-state index contributed by atoms with van der Waals surface area (Å²) in [6.45, 7) is 0.657. The highest BCUT2D eigenvalue weighted by Gasteiger charge is 2.09. The molecule has 0 heterocycles. The number of nitrogens with two attached hydrogens (primary N) is 1. The van der Waals surface area contributed by atoms with Gasteiger partial charge in [0.05, 0.1) is 0 Å². The van der Waals surface area contributed by atoms with E-state index in [0.717, 1.165) is 18.4 Å². The zero-order chi connectivity index (χ0) is 12.8. The van der Waals surface area contributed by atoms with E-state index >= 15 is 0 Å². The van der Waals surface area contributed by atoms with Crippen LogP contribution in [0.5, 0.6) is 5.75 Å². The lowest BCUT2D eigenvalue weighted by atomic mass is 9.92. The van der Waals surface area contributed by atoms with Gasteiger partial charge < -0.3 is 10.8 Å². The van der Waals surface area contributed by atoms with Crippen molar-refractivity contribution in [2.24, 2.45) is 11.7 Å². The molecule has 0 aliphatic heterocycles. The highest BCUT2D eigenvalue weighted by molar-refractivity contribution is 5.27. The lowest BCUT2D eigenvalue weighted by Crippen LogP contribution is -2.19. The van der Waals surface area contributed by atoms with E-state index in [1.165, 1.54) is 5.56 Å². The minimum absolute atomic E-state index is 0.322. The Kier molecular flexibility index (Phi) is 4.37. The van der Waals surface area contributed by atoms with Crippen LogP contribution in [0, 0.1) is 5.92 Å². The summed E-state index contributed by atoms with van der Waals surface area (Å²) in [5.41, 5.74) is 8.30. The minimum atomic E-state index is 0.322. The van der Waals surface area contributed by atoms with Crippen LogP contribution in [0.15, 0.2) is 54.6 Å². The molecule has 2 rings (SSSR count). The van der Waals surface area contributed by atoms with E-state index < -0.39 is 0 Å². The standard InChI is InChI=1S/C16H19NO/c17-12-15(9-13-5-2-1-3-6-13)10-14-7-4-8-16(18)11-14/h1-8,11,15,18H,9-10,12,17H2. The maximum atomic E-state index is 9.46. The van der Waals surface area contributed by atoms with Gasteiger partial charge >= 0.3 is 0 Å². The van der Waals surface area contributed by atoms with Gasteiger partial charge in [-0.05, 0) is 48.6 Å². The Labute approximate surface area is 108 Å². The van der Waals surface area contributed by atoms with Crippen molar-refractivity contribution in [2.75, 3.05) is 6.54 Å². The van der Waals surface area contributed by atoms with Crippen molar-refractivity contribution in [1.29, 1.82) is 0 Å². The van der Waals surface area contributed by atoms with Crippen molar-refractivity contribution in [3.05, 3.63) is 65.7 Å². The van der Waals surface area contributed by atoms with Crippen molar-refractivity contribution in [1.82, 2.24) is 0 Å². The van der Waals surface area contributed by atoms with E-state index in [2.05, 4.69) is 24.3 Å². The number of phenols is 1. The Bertz CT molecular complexity index is 481. The quantitative estimate of drug-likeness (QED) is 0.845. The molecule has 2 heteroatoms. The molecule has 0 aromatic heterocycles. The molecule has 94 valence electrons. The molecule has 0 amide bonds. The molecule has 0 bridgehead atoms. The molecule has 2 aromatic carbocycles. The first-order valence-electron chi connectivity index (χ1n) is 6.30. The van der Waals surface area contributed by atoms with Crippen LogP contribution in [0.25, 0.3) is 0 Å². The van der Waals surface area contributed by atoms with Gasteiger partial charge in [-0.3, -0.25) is 0 Å². The fraction of sp³-hybridized carbons (Fsp3) is 0.250. The van der Waals surface area contributed by atoms with Gasteiger partial charge in [-0.1, -0.05) is 42.5 Å². The molecule has 0 aliphatic carbocycles. The molecule has 0 saturated carbocycles. The predicted molar refractivity (Wildman–Crippen MR) is 74.5 cm³/mol. The lowest BCUT2D eigenvalue weighted by Gasteiger charge is -2.15. The Morgan fingerprint density at radius 3 is 2.22 bits per heavy atom. The fourth-order valence-electron chi connectivity index (χ4n) is 2.20. The van der Waals surface area contributed by atoms with Gasteiger partial charge in [0.15, 0.2) is 0 Å². The van der Waals surface area contributed by atoms with Crippen LogP contribution >= 0.6 is 0 Å². The van der Waals surface area contributed by atoms with Crippen LogP contribution in [0.4, 0.5) is 0 Å². The Morgan fingerprint density at radius 2 is 1.56 bits per heavy atom. The third kappa shape index (κ3) is 3.60. The number of benzene rings is 2. The second kappa shape index (κ2) is 6.22. The predicted octanol–water partition coefficient (Wildman–Crippen LogP) is 2.75. The van der Waals surface area contributed by atoms with Gasteiger partial charge in [-0.15, -0.1) is 0 Å².